The molecule has 3 atom stereocenters. The van der Waals surface area contributed by atoms with Crippen molar-refractivity contribution in [3.05, 3.63) is 0 Å². The summed E-state index contributed by atoms with van der Waals surface area (Å²) in [5.41, 5.74) is -0.150. The molecule has 5 rings (SSSR count). The Balaban J connectivity index is 1.56. The summed E-state index contributed by atoms with van der Waals surface area (Å²) < 4.78 is 12.6. The van der Waals surface area contributed by atoms with Crippen molar-refractivity contribution < 1.29 is 9.53 Å². The Bertz CT molecular complexity index is 446. The van der Waals surface area contributed by atoms with Crippen molar-refractivity contribution in [2.75, 3.05) is 0 Å². The summed E-state index contributed by atoms with van der Waals surface area (Å²) >= 11 is 1.18. The Kier molecular flexibility index (Phi) is 2.69. The SMILES string of the molecule is CC(C)C1(OC(=O)C(C)(I)C23NI2N3)C2CCC1C2. The van der Waals surface area contributed by atoms with Gasteiger partial charge in [0, 0.05) is 0 Å². The van der Waals surface area contributed by atoms with E-state index in [1.165, 1.54) is 19.3 Å². The van der Waals surface area contributed by atoms with Crippen molar-refractivity contribution >= 4 is 48.9 Å². The fourth-order valence-corrected chi connectivity index (χ4v) is 11.9. The quantitative estimate of drug-likeness (QED) is 0.159. The average Bonchev–Trinajstić information content (AvgIpc) is 3.06. The molecule has 108 valence electrons. The van der Waals surface area contributed by atoms with Gasteiger partial charge in [-0.3, -0.25) is 0 Å². The number of hydrogen-bond acceptors (Lipinski definition) is 4. The van der Waals surface area contributed by atoms with Crippen molar-refractivity contribution in [1.29, 1.82) is 0 Å². The second-order valence-corrected chi connectivity index (χ2v) is 13.2. The van der Waals surface area contributed by atoms with E-state index in [0.29, 0.717) is 17.8 Å². The van der Waals surface area contributed by atoms with Crippen LogP contribution in [-0.2, 0) is 9.53 Å². The number of carbonyl (C=O) groups is 1. The minimum atomic E-state index is -1.11. The number of rotatable bonds is 4. The Hall–Kier alpha value is 0.850. The van der Waals surface area contributed by atoms with Crippen molar-refractivity contribution in [3.8, 4) is 0 Å². The second-order valence-electron chi connectivity index (χ2n) is 6.74. The molecule has 0 aromatic heterocycles. The fourth-order valence-electron chi connectivity index (χ4n) is 4.18. The number of fused-ring (bicyclic) bond motifs is 2. The zero-order valence-corrected chi connectivity index (χ0v) is 15.7. The molecule has 0 radical (unpaired) electrons. The molecule has 6 heteroatoms. The van der Waals surface area contributed by atoms with E-state index < -0.39 is 23.8 Å². The van der Waals surface area contributed by atoms with E-state index in [4.69, 9.17) is 4.74 Å². The number of esters is 1. The first-order valence-electron chi connectivity index (χ1n) is 7.02. The zero-order chi connectivity index (χ0) is 13.6. The molecule has 0 spiro atoms. The molecule has 5 fully saturated rings. The van der Waals surface area contributed by atoms with Gasteiger partial charge in [0.25, 0.3) is 0 Å². The normalized spacial score (nSPS) is 45.2. The molecule has 2 bridgehead atoms. The fraction of sp³-hybridized carbons (Fsp3) is 0.923. The number of nitrogens with one attached hydrogen (secondary N) is 2. The van der Waals surface area contributed by atoms with Gasteiger partial charge in [0.2, 0.25) is 0 Å². The Labute approximate surface area is 135 Å². The summed E-state index contributed by atoms with van der Waals surface area (Å²) in [4.78, 5) is 12.7. The van der Waals surface area contributed by atoms with Crippen LogP contribution in [0.1, 0.15) is 40.0 Å². The molecule has 0 aromatic rings. The van der Waals surface area contributed by atoms with E-state index >= 15 is 0 Å². The van der Waals surface area contributed by atoms with E-state index in [1.54, 1.807) is 0 Å². The maximum atomic E-state index is 12.7. The minimum absolute atomic E-state index is 0.00398. The molecule has 2 aliphatic heterocycles. The van der Waals surface area contributed by atoms with Gasteiger partial charge >= 0.3 is 136 Å². The van der Waals surface area contributed by atoms with Gasteiger partial charge in [-0.2, -0.15) is 0 Å². The zero-order valence-electron chi connectivity index (χ0n) is 11.4. The summed E-state index contributed by atoms with van der Waals surface area (Å²) in [5.74, 6) is 1.65. The van der Waals surface area contributed by atoms with Gasteiger partial charge in [-0.1, -0.05) is 0 Å². The molecule has 3 unspecified atom stereocenters. The van der Waals surface area contributed by atoms with Gasteiger partial charge in [0.15, 0.2) is 0 Å². The molecule has 5 aliphatic rings. The average molecular weight is 490 g/mol. The summed E-state index contributed by atoms with van der Waals surface area (Å²) in [6.45, 7) is 6.45. The van der Waals surface area contributed by atoms with E-state index in [9.17, 15) is 4.79 Å². The predicted molar refractivity (Wildman–Crippen MR) is 89.9 cm³/mol. The third-order valence-electron chi connectivity index (χ3n) is 5.57. The maximum absolute atomic E-state index is 12.7. The number of ether oxygens (including phenoxy) is 1. The monoisotopic (exact) mass is 490 g/mol. The predicted octanol–water partition coefficient (Wildman–Crippen LogP) is 2.74. The van der Waals surface area contributed by atoms with Gasteiger partial charge < -0.3 is 0 Å². The molecule has 19 heavy (non-hydrogen) atoms. The van der Waals surface area contributed by atoms with E-state index in [1.807, 2.05) is 6.92 Å². The Morgan fingerprint density at radius 1 is 1.42 bits per heavy atom. The summed E-state index contributed by atoms with van der Waals surface area (Å²) in [7, 11) is 0. The Morgan fingerprint density at radius 3 is 2.32 bits per heavy atom. The summed E-state index contributed by atoms with van der Waals surface area (Å²) in [5, 5.41) is 0. The van der Waals surface area contributed by atoms with Gasteiger partial charge in [-0.05, 0) is 0 Å². The molecule has 2 heterocycles. The molecular weight excluding hydrogens is 470 g/mol. The van der Waals surface area contributed by atoms with Crippen LogP contribution in [0.2, 0.25) is 0 Å². The molecule has 0 amide bonds. The van der Waals surface area contributed by atoms with Crippen molar-refractivity contribution in [3.63, 3.8) is 0 Å². The first kappa shape index (κ1) is 13.5. The summed E-state index contributed by atoms with van der Waals surface area (Å²) in [6.07, 6.45) is 3.76. The number of carbonyl (C=O) groups excluding carboxylic acids is 1. The van der Waals surface area contributed by atoms with Gasteiger partial charge in [0.05, 0.1) is 0 Å². The van der Waals surface area contributed by atoms with E-state index in [0.717, 1.165) is 0 Å². The first-order valence-corrected chi connectivity index (χ1v) is 11.3. The summed E-state index contributed by atoms with van der Waals surface area (Å²) in [6, 6.07) is 0. The van der Waals surface area contributed by atoms with E-state index in [-0.39, 0.29) is 15.2 Å². The van der Waals surface area contributed by atoms with Crippen LogP contribution in [0.3, 0.4) is 0 Å². The van der Waals surface area contributed by atoms with Crippen LogP contribution in [0.4, 0.5) is 0 Å². The third-order valence-corrected chi connectivity index (χ3v) is 12.7. The second kappa shape index (κ2) is 3.78. The van der Waals surface area contributed by atoms with Crippen LogP contribution in [0.25, 0.3) is 0 Å². The number of halogens is 2. The molecular formula is C13H20I2N2O2. The van der Waals surface area contributed by atoms with Crippen molar-refractivity contribution in [1.82, 2.24) is 7.06 Å². The number of hydrogen-bond donors (Lipinski definition) is 2. The molecule has 3 aliphatic carbocycles. The van der Waals surface area contributed by atoms with Crippen LogP contribution >= 0.6 is 43.0 Å². The topological polar surface area (TPSA) is 70.2 Å². The Morgan fingerprint density at radius 2 is 1.95 bits per heavy atom. The van der Waals surface area contributed by atoms with Crippen LogP contribution in [-0.4, -0.2) is 18.7 Å². The van der Waals surface area contributed by atoms with E-state index in [2.05, 4.69) is 43.5 Å². The van der Waals surface area contributed by atoms with Crippen molar-refractivity contribution in [2.45, 2.75) is 52.7 Å². The third kappa shape index (κ3) is 1.49. The van der Waals surface area contributed by atoms with Gasteiger partial charge in [0.1, 0.15) is 0 Å². The molecule has 2 N–H and O–H groups in total. The van der Waals surface area contributed by atoms with Crippen LogP contribution < -0.4 is 7.06 Å². The first-order chi connectivity index (χ1) is 8.84. The molecule has 0 aromatic carbocycles. The van der Waals surface area contributed by atoms with Crippen LogP contribution in [0, 0.1) is 17.8 Å². The van der Waals surface area contributed by atoms with Crippen LogP contribution in [0.5, 0.6) is 0 Å². The standard InChI is InChI=1S/C13H20I2N2O2/c1-7(2)12(8-4-5-9(12)6-8)19-10(18)11(3,14)13-15(16-13)17-13/h7-9,16-17H,4-6H2,1-3H3. The number of alkyl halides is 2. The van der Waals surface area contributed by atoms with Gasteiger partial charge in [-0.15, -0.1) is 0 Å². The van der Waals surface area contributed by atoms with Crippen LogP contribution in [0.15, 0.2) is 0 Å². The van der Waals surface area contributed by atoms with Gasteiger partial charge in [-0.25, -0.2) is 0 Å². The van der Waals surface area contributed by atoms with Crippen molar-refractivity contribution in [2.24, 2.45) is 17.8 Å². The molecule has 2 saturated heterocycles. The molecule has 4 nitrogen and oxygen atoms in total. The molecule has 3 saturated carbocycles.